The average Bonchev–Trinajstić information content (AvgIpc) is 2.61. The Hall–Kier alpha value is -2.29. The number of hydrogen-bond acceptors (Lipinski definition) is 3. The number of allylic oxidation sites excluding steroid dienone is 2. The largest absolute Gasteiger partial charge is 0.416 e. The molecule has 0 bridgehead atoms. The van der Waals surface area contributed by atoms with Crippen LogP contribution in [-0.2, 0) is 21.1 Å². The number of alkyl halides is 3. The lowest BCUT2D eigenvalue weighted by atomic mass is 9.69. The maximum Gasteiger partial charge on any atom is 0.416 e. The van der Waals surface area contributed by atoms with Gasteiger partial charge in [-0.2, -0.15) is 18.4 Å². The quantitative estimate of drug-likeness (QED) is 0.422. The van der Waals surface area contributed by atoms with Gasteiger partial charge in [0.1, 0.15) is 6.07 Å². The van der Waals surface area contributed by atoms with Gasteiger partial charge in [0.25, 0.3) is 0 Å². The minimum Gasteiger partial charge on any atom is -0.415 e. The molecule has 1 saturated carbocycles. The lowest BCUT2D eigenvalue weighted by Gasteiger charge is -2.35. The molecule has 2 rings (SSSR count). The molecule has 1 fully saturated rings. The summed E-state index contributed by atoms with van der Waals surface area (Å²) in [5, 5.41) is 9.06. The van der Waals surface area contributed by atoms with Gasteiger partial charge in [-0.1, -0.05) is 38.3 Å². The summed E-state index contributed by atoms with van der Waals surface area (Å²) < 4.78 is 43.6. The van der Waals surface area contributed by atoms with Crippen molar-refractivity contribution in [1.82, 2.24) is 0 Å². The first-order chi connectivity index (χ1) is 11.8. The summed E-state index contributed by atoms with van der Waals surface area (Å²) in [6, 6.07) is 6.53. The molecule has 0 aliphatic heterocycles. The number of carbonyl (C=O) groups excluding carboxylic acids is 1. The summed E-state index contributed by atoms with van der Waals surface area (Å²) in [7, 11) is 0. The second kappa shape index (κ2) is 7.73. The van der Waals surface area contributed by atoms with Crippen molar-refractivity contribution in [2.45, 2.75) is 57.0 Å². The van der Waals surface area contributed by atoms with E-state index in [1.807, 2.05) is 13.0 Å². The van der Waals surface area contributed by atoms with E-state index in [4.69, 9.17) is 10.00 Å². The number of hydrogen-bond donors (Lipinski definition) is 0. The van der Waals surface area contributed by atoms with E-state index >= 15 is 0 Å². The Bertz CT molecular complexity index is 678. The summed E-state index contributed by atoms with van der Waals surface area (Å²) in [5.74, 6) is -0.627. The van der Waals surface area contributed by atoms with E-state index in [1.54, 1.807) is 0 Å². The Labute approximate surface area is 145 Å². The van der Waals surface area contributed by atoms with Gasteiger partial charge >= 0.3 is 12.1 Å². The molecule has 0 radical (unpaired) electrons. The first kappa shape index (κ1) is 19.0. The van der Waals surface area contributed by atoms with Crippen molar-refractivity contribution in [2.75, 3.05) is 0 Å². The van der Waals surface area contributed by atoms with E-state index < -0.39 is 23.1 Å². The lowest BCUT2D eigenvalue weighted by Crippen LogP contribution is -2.39. The monoisotopic (exact) mass is 351 g/mol. The van der Waals surface area contributed by atoms with Crippen LogP contribution in [-0.4, -0.2) is 5.97 Å². The fourth-order valence-corrected chi connectivity index (χ4v) is 3.24. The Morgan fingerprint density at radius 3 is 2.32 bits per heavy atom. The highest BCUT2D eigenvalue weighted by Gasteiger charge is 2.43. The van der Waals surface area contributed by atoms with Crippen molar-refractivity contribution >= 4 is 5.97 Å². The maximum absolute atomic E-state index is 12.8. The van der Waals surface area contributed by atoms with E-state index in [1.165, 1.54) is 18.2 Å². The molecule has 3 nitrogen and oxygen atoms in total. The first-order valence-corrected chi connectivity index (χ1v) is 8.34. The Kier molecular flexibility index (Phi) is 5.89. The van der Waals surface area contributed by atoms with Gasteiger partial charge in [-0.25, -0.2) is 0 Å². The molecule has 0 atom stereocenters. The third-order valence-electron chi connectivity index (χ3n) is 4.57. The molecular formula is C19H20F3NO2. The summed E-state index contributed by atoms with van der Waals surface area (Å²) in [5.41, 5.74) is -1.23. The van der Waals surface area contributed by atoms with Gasteiger partial charge in [-0.05, 0) is 43.0 Å². The molecule has 1 aliphatic rings. The minimum atomic E-state index is -4.42. The van der Waals surface area contributed by atoms with Gasteiger partial charge in [0, 0.05) is 0 Å². The zero-order valence-corrected chi connectivity index (χ0v) is 14.0. The molecule has 6 heteroatoms. The van der Waals surface area contributed by atoms with Crippen LogP contribution in [0.15, 0.2) is 36.1 Å². The van der Waals surface area contributed by atoms with E-state index in [-0.39, 0.29) is 5.76 Å². The van der Waals surface area contributed by atoms with Crippen LogP contribution < -0.4 is 0 Å². The van der Waals surface area contributed by atoms with Crippen molar-refractivity contribution in [1.29, 1.82) is 5.26 Å². The number of ether oxygens (including phenoxy) is 1. The number of rotatable bonds is 4. The van der Waals surface area contributed by atoms with E-state index in [0.29, 0.717) is 24.8 Å². The number of halogens is 3. The lowest BCUT2D eigenvalue weighted by molar-refractivity contribution is -0.147. The van der Waals surface area contributed by atoms with Gasteiger partial charge in [-0.3, -0.25) is 4.79 Å². The van der Waals surface area contributed by atoms with Crippen LogP contribution in [0.25, 0.3) is 0 Å². The molecule has 0 aromatic heterocycles. The fraction of sp³-hybridized carbons (Fsp3) is 0.474. The number of benzene rings is 1. The minimum absolute atomic E-state index is 0.0654. The number of nitrogens with zero attached hydrogens (tertiary/aromatic N) is 1. The van der Waals surface area contributed by atoms with E-state index in [0.717, 1.165) is 31.4 Å². The van der Waals surface area contributed by atoms with Crippen LogP contribution in [0.4, 0.5) is 13.2 Å². The molecule has 1 aromatic carbocycles. The van der Waals surface area contributed by atoms with Gasteiger partial charge in [0.2, 0.25) is 5.76 Å². The fourth-order valence-electron chi connectivity index (χ4n) is 3.24. The highest BCUT2D eigenvalue weighted by molar-refractivity contribution is 5.84. The van der Waals surface area contributed by atoms with Crippen molar-refractivity contribution in [3.8, 4) is 6.07 Å². The van der Waals surface area contributed by atoms with Crippen LogP contribution in [0.2, 0.25) is 0 Å². The third-order valence-corrected chi connectivity index (χ3v) is 4.57. The smallest absolute Gasteiger partial charge is 0.415 e. The van der Waals surface area contributed by atoms with Gasteiger partial charge in [0.05, 0.1) is 11.0 Å². The first-order valence-electron chi connectivity index (χ1n) is 8.34. The van der Waals surface area contributed by atoms with Crippen molar-refractivity contribution in [3.05, 3.63) is 47.2 Å². The Morgan fingerprint density at radius 2 is 1.84 bits per heavy atom. The molecule has 0 N–H and O–H groups in total. The summed E-state index contributed by atoms with van der Waals surface area (Å²) in [6.45, 7) is 1.82. The van der Waals surface area contributed by atoms with Crippen LogP contribution in [0.3, 0.4) is 0 Å². The standard InChI is InChI=1S/C19H20F3NO2/c1-2-6-16(13-23)25-17(24)18(11-4-3-5-12-18)14-7-9-15(10-8-14)19(20,21)22/h6-10H,2-5,11-12H2,1H3/b16-6-. The highest BCUT2D eigenvalue weighted by Crippen LogP contribution is 2.42. The second-order valence-corrected chi connectivity index (χ2v) is 6.20. The van der Waals surface area contributed by atoms with E-state index in [9.17, 15) is 18.0 Å². The third kappa shape index (κ3) is 4.22. The Balaban J connectivity index is 2.36. The Morgan fingerprint density at radius 1 is 1.24 bits per heavy atom. The van der Waals surface area contributed by atoms with Crippen LogP contribution in [0, 0.1) is 11.3 Å². The predicted molar refractivity (Wildman–Crippen MR) is 86.3 cm³/mol. The number of nitriles is 1. The van der Waals surface area contributed by atoms with Gasteiger partial charge in [0.15, 0.2) is 0 Å². The molecule has 1 aromatic rings. The molecule has 0 heterocycles. The molecule has 134 valence electrons. The molecule has 0 spiro atoms. The SMILES string of the molecule is CC/C=C(/C#N)OC(=O)C1(c2ccc(C(F)(F)F)cc2)CCCCC1. The molecular weight excluding hydrogens is 331 g/mol. The zero-order valence-electron chi connectivity index (χ0n) is 14.0. The summed E-state index contributed by atoms with van der Waals surface area (Å²) in [6.07, 6.45) is 1.18. The normalized spacial score (nSPS) is 17.6. The molecule has 25 heavy (non-hydrogen) atoms. The van der Waals surface area contributed by atoms with E-state index in [2.05, 4.69) is 0 Å². The summed E-state index contributed by atoms with van der Waals surface area (Å²) in [4.78, 5) is 12.8. The average molecular weight is 351 g/mol. The van der Waals surface area contributed by atoms with Gasteiger partial charge < -0.3 is 4.74 Å². The number of carbonyl (C=O) groups is 1. The molecule has 1 aliphatic carbocycles. The molecule has 0 unspecified atom stereocenters. The van der Waals surface area contributed by atoms with Crippen molar-refractivity contribution < 1.29 is 22.7 Å². The van der Waals surface area contributed by atoms with Gasteiger partial charge in [-0.15, -0.1) is 0 Å². The zero-order chi connectivity index (χ0) is 18.5. The topological polar surface area (TPSA) is 50.1 Å². The van der Waals surface area contributed by atoms with Crippen molar-refractivity contribution in [3.63, 3.8) is 0 Å². The van der Waals surface area contributed by atoms with Crippen LogP contribution in [0.1, 0.15) is 56.6 Å². The summed E-state index contributed by atoms with van der Waals surface area (Å²) >= 11 is 0. The van der Waals surface area contributed by atoms with Crippen LogP contribution >= 0.6 is 0 Å². The van der Waals surface area contributed by atoms with Crippen LogP contribution in [0.5, 0.6) is 0 Å². The maximum atomic E-state index is 12.8. The highest BCUT2D eigenvalue weighted by atomic mass is 19.4. The van der Waals surface area contributed by atoms with Crippen molar-refractivity contribution in [2.24, 2.45) is 0 Å². The molecule has 0 amide bonds. The second-order valence-electron chi connectivity index (χ2n) is 6.20. The predicted octanol–water partition coefficient (Wildman–Crippen LogP) is 5.27. The molecule has 0 saturated heterocycles. The number of esters is 1.